The number of benzene rings is 1. The first-order chi connectivity index (χ1) is 18.7. The van der Waals surface area contributed by atoms with Gasteiger partial charge in [0.25, 0.3) is 5.91 Å². The zero-order valence-corrected chi connectivity index (χ0v) is 26.6. The monoisotopic (exact) mass is 596 g/mol. The Morgan fingerprint density at radius 2 is 1.64 bits per heavy atom. The highest BCUT2D eigenvalue weighted by molar-refractivity contribution is 9.10. The Morgan fingerprint density at radius 1 is 0.949 bits per heavy atom. The number of unbranched alkanes of at least 4 members (excludes halogenated alkanes) is 1. The molecule has 39 heavy (non-hydrogen) atoms. The van der Waals surface area contributed by atoms with Crippen LogP contribution in [0.15, 0.2) is 47.1 Å². The number of aryl methyl sites for hydroxylation is 1. The van der Waals surface area contributed by atoms with Crippen molar-refractivity contribution in [1.82, 2.24) is 19.4 Å². The molecule has 0 aliphatic heterocycles. The molecule has 5 nitrogen and oxygen atoms in total. The van der Waals surface area contributed by atoms with Crippen LogP contribution in [0.3, 0.4) is 0 Å². The molecule has 0 N–H and O–H groups in total. The summed E-state index contributed by atoms with van der Waals surface area (Å²) in [5.41, 5.74) is 5.14. The van der Waals surface area contributed by atoms with E-state index in [1.54, 1.807) is 0 Å². The van der Waals surface area contributed by atoms with Crippen LogP contribution in [-0.4, -0.2) is 58.0 Å². The van der Waals surface area contributed by atoms with Crippen LogP contribution in [-0.2, 0) is 6.42 Å². The van der Waals surface area contributed by atoms with Crippen molar-refractivity contribution in [2.24, 2.45) is 11.8 Å². The Labute approximate surface area is 245 Å². The molecule has 0 atom stereocenters. The minimum Gasteiger partial charge on any atom is -0.339 e. The second-order valence-electron chi connectivity index (χ2n) is 11.6. The van der Waals surface area contributed by atoms with Gasteiger partial charge in [0.2, 0.25) is 0 Å². The van der Waals surface area contributed by atoms with Crippen molar-refractivity contribution < 1.29 is 4.79 Å². The maximum atomic E-state index is 13.8. The predicted octanol–water partition coefficient (Wildman–Crippen LogP) is 8.35. The molecule has 6 heteroatoms. The molecule has 0 spiro atoms. The lowest BCUT2D eigenvalue weighted by Gasteiger charge is -2.24. The number of halogens is 1. The normalized spacial score (nSPS) is 11.8. The molecule has 3 rings (SSSR count). The Kier molecular flexibility index (Phi) is 12.5. The van der Waals surface area contributed by atoms with Crippen LogP contribution in [0, 0.1) is 11.8 Å². The highest BCUT2D eigenvalue weighted by Crippen LogP contribution is 2.30. The summed E-state index contributed by atoms with van der Waals surface area (Å²) in [5.74, 6) is 1.26. The number of fused-ring (bicyclic) bond motifs is 1. The van der Waals surface area contributed by atoms with Gasteiger partial charge in [-0.25, -0.2) is 4.52 Å². The Bertz CT molecular complexity index is 1170. The van der Waals surface area contributed by atoms with E-state index in [0.717, 1.165) is 85.2 Å². The topological polar surface area (TPSA) is 40.9 Å². The first-order valence-corrected chi connectivity index (χ1v) is 15.8. The van der Waals surface area contributed by atoms with Crippen LogP contribution >= 0.6 is 15.9 Å². The lowest BCUT2D eigenvalue weighted by Crippen LogP contribution is -2.34. The van der Waals surface area contributed by atoms with Crippen molar-refractivity contribution in [3.8, 4) is 11.3 Å². The zero-order valence-electron chi connectivity index (χ0n) is 25.0. The summed E-state index contributed by atoms with van der Waals surface area (Å²) in [4.78, 5) is 18.4. The molecule has 0 bridgehead atoms. The number of carbonyl (C=O) groups is 1. The molecule has 1 aromatic carbocycles. The number of aromatic nitrogens is 2. The van der Waals surface area contributed by atoms with Crippen LogP contribution in [0.25, 0.3) is 16.8 Å². The van der Waals surface area contributed by atoms with E-state index in [0.29, 0.717) is 11.8 Å². The largest absolute Gasteiger partial charge is 0.339 e. The third-order valence-corrected chi connectivity index (χ3v) is 7.99. The van der Waals surface area contributed by atoms with E-state index in [-0.39, 0.29) is 5.91 Å². The fourth-order valence-corrected chi connectivity index (χ4v) is 5.36. The van der Waals surface area contributed by atoms with Gasteiger partial charge < -0.3 is 9.80 Å². The van der Waals surface area contributed by atoms with Crippen LogP contribution in [0.5, 0.6) is 0 Å². The van der Waals surface area contributed by atoms with Gasteiger partial charge in [0.1, 0.15) is 0 Å². The third-order valence-electron chi connectivity index (χ3n) is 7.50. The third kappa shape index (κ3) is 9.18. The van der Waals surface area contributed by atoms with Crippen molar-refractivity contribution in [3.63, 3.8) is 0 Å². The van der Waals surface area contributed by atoms with Gasteiger partial charge in [-0.05, 0) is 87.8 Å². The van der Waals surface area contributed by atoms with Crippen LogP contribution in [0.2, 0.25) is 0 Å². The van der Waals surface area contributed by atoms with Crippen molar-refractivity contribution in [1.29, 1.82) is 0 Å². The summed E-state index contributed by atoms with van der Waals surface area (Å²) in [7, 11) is 0. The number of nitrogens with zero attached hydrogens (tertiary/aromatic N) is 4. The van der Waals surface area contributed by atoms with E-state index in [9.17, 15) is 4.79 Å². The van der Waals surface area contributed by atoms with Crippen LogP contribution in [0.1, 0.15) is 89.6 Å². The maximum absolute atomic E-state index is 13.8. The van der Waals surface area contributed by atoms with E-state index in [4.69, 9.17) is 5.10 Å². The molecule has 2 heterocycles. The minimum absolute atomic E-state index is 0.131. The van der Waals surface area contributed by atoms with Crippen molar-refractivity contribution in [3.05, 3.63) is 58.2 Å². The number of hydrogen-bond donors (Lipinski definition) is 0. The molecule has 0 aliphatic rings. The summed E-state index contributed by atoms with van der Waals surface area (Å²) < 4.78 is 3.00. The van der Waals surface area contributed by atoms with E-state index >= 15 is 0 Å². The maximum Gasteiger partial charge on any atom is 0.253 e. The van der Waals surface area contributed by atoms with E-state index in [2.05, 4.69) is 91.5 Å². The molecule has 0 radical (unpaired) electrons. The van der Waals surface area contributed by atoms with Gasteiger partial charge in [0, 0.05) is 40.4 Å². The van der Waals surface area contributed by atoms with Gasteiger partial charge in [-0.1, -0.05) is 76.0 Å². The quantitative estimate of drug-likeness (QED) is 0.167. The molecular formula is C33H49BrN4O. The lowest BCUT2D eigenvalue weighted by molar-refractivity contribution is 0.0741. The number of carbonyl (C=O) groups excluding carboxylic acids is 1. The number of pyridine rings is 1. The molecule has 214 valence electrons. The van der Waals surface area contributed by atoms with E-state index in [1.807, 2.05) is 22.8 Å². The highest BCUT2D eigenvalue weighted by Gasteiger charge is 2.20. The zero-order chi connectivity index (χ0) is 28.4. The first-order valence-electron chi connectivity index (χ1n) is 15.0. The summed E-state index contributed by atoms with van der Waals surface area (Å²) >= 11 is 3.64. The molecular weight excluding hydrogens is 548 g/mol. The lowest BCUT2D eigenvalue weighted by atomic mass is 10.0. The van der Waals surface area contributed by atoms with Gasteiger partial charge in [-0.15, -0.1) is 0 Å². The molecule has 2 aromatic heterocycles. The molecule has 0 fully saturated rings. The van der Waals surface area contributed by atoms with Gasteiger partial charge in [-0.2, -0.15) is 5.10 Å². The number of amides is 1. The highest BCUT2D eigenvalue weighted by atomic mass is 79.9. The molecule has 0 unspecified atom stereocenters. The second-order valence-corrected chi connectivity index (χ2v) is 12.5. The molecule has 3 aromatic rings. The Morgan fingerprint density at radius 3 is 2.26 bits per heavy atom. The first kappa shape index (κ1) is 31.3. The van der Waals surface area contributed by atoms with Gasteiger partial charge in [0.15, 0.2) is 0 Å². The summed E-state index contributed by atoms with van der Waals surface area (Å²) in [6, 6.07) is 12.4. The van der Waals surface area contributed by atoms with Gasteiger partial charge in [0.05, 0.1) is 11.2 Å². The molecule has 0 saturated heterocycles. The fourth-order valence-electron chi connectivity index (χ4n) is 4.96. The SMILES string of the molecule is CCCCN(CC)CCCc1c(-c2cccc(Br)c2)nn2ccc(C(=O)N(CCC(C)C)CCC(C)C)cc12. The molecule has 0 saturated carbocycles. The number of hydrogen-bond acceptors (Lipinski definition) is 3. The van der Waals surface area contributed by atoms with Crippen LogP contribution < -0.4 is 0 Å². The Hall–Kier alpha value is -2.18. The van der Waals surface area contributed by atoms with Crippen molar-refractivity contribution >= 4 is 27.4 Å². The standard InChI is InChI=1S/C33H49BrN4O/c1-7-9-18-36(8-2)19-11-14-30-31-24-28(33(39)37(20-15-25(3)4)21-16-26(5)6)17-22-38(31)35-32(30)27-12-10-13-29(34)23-27/h10,12-13,17,22-26H,7-9,11,14-16,18-21H2,1-6H3. The average molecular weight is 598 g/mol. The number of rotatable bonds is 16. The summed E-state index contributed by atoms with van der Waals surface area (Å²) in [6.45, 7) is 18.3. The minimum atomic E-state index is 0.131. The van der Waals surface area contributed by atoms with Crippen LogP contribution in [0.4, 0.5) is 0 Å². The van der Waals surface area contributed by atoms with Gasteiger partial charge >= 0.3 is 0 Å². The van der Waals surface area contributed by atoms with Crippen molar-refractivity contribution in [2.45, 2.75) is 80.1 Å². The molecule has 1 amide bonds. The second kappa shape index (κ2) is 15.6. The smallest absolute Gasteiger partial charge is 0.253 e. The average Bonchev–Trinajstić information content (AvgIpc) is 3.27. The predicted molar refractivity (Wildman–Crippen MR) is 168 cm³/mol. The fraction of sp³-hybridized carbons (Fsp3) is 0.576. The molecule has 0 aliphatic carbocycles. The summed E-state index contributed by atoms with van der Waals surface area (Å²) in [5, 5.41) is 5.01. The van der Waals surface area contributed by atoms with E-state index in [1.165, 1.54) is 18.4 Å². The van der Waals surface area contributed by atoms with Gasteiger partial charge in [-0.3, -0.25) is 4.79 Å². The van der Waals surface area contributed by atoms with E-state index < -0.39 is 0 Å². The van der Waals surface area contributed by atoms with Crippen molar-refractivity contribution in [2.75, 3.05) is 32.7 Å². The Balaban J connectivity index is 1.95. The summed E-state index contributed by atoms with van der Waals surface area (Å²) in [6.07, 6.45) is 8.45.